The minimum atomic E-state index is -4.69. The Labute approximate surface area is 338 Å². The predicted molar refractivity (Wildman–Crippen MR) is 211 cm³/mol. The summed E-state index contributed by atoms with van der Waals surface area (Å²) >= 11 is 10.2. The third kappa shape index (κ3) is 21.4. The number of carbonyl (C=O) groups excluding carboxylic acids is 1. The number of esters is 1. The lowest BCUT2D eigenvalue weighted by Gasteiger charge is -2.20. The molecule has 2 aromatic heterocycles. The number of nitrogens with one attached hydrogen (secondary N) is 3. The summed E-state index contributed by atoms with van der Waals surface area (Å²) in [5.41, 5.74) is -1.91. The lowest BCUT2D eigenvalue weighted by molar-refractivity contribution is -0.193. The van der Waals surface area contributed by atoms with E-state index in [0.29, 0.717) is 27.5 Å². The van der Waals surface area contributed by atoms with Crippen molar-refractivity contribution in [1.29, 1.82) is 0 Å². The van der Waals surface area contributed by atoms with Crippen molar-refractivity contribution in [2.75, 3.05) is 55.0 Å². The molecule has 0 fully saturated rings. The highest BCUT2D eigenvalue weighted by Gasteiger charge is 2.39. The first-order valence-corrected chi connectivity index (χ1v) is 22.4. The van der Waals surface area contributed by atoms with Crippen LogP contribution < -0.4 is 20.8 Å². The van der Waals surface area contributed by atoms with Crippen molar-refractivity contribution in [3.63, 3.8) is 0 Å². The molecule has 0 bridgehead atoms. The lowest BCUT2D eigenvalue weighted by atomic mass is 10.1. The number of anilines is 2. The Balaban J connectivity index is 0.000000829. The molecule has 24 heteroatoms. The highest BCUT2D eigenvalue weighted by Crippen LogP contribution is 2.41. The fraction of sp³-hybridized carbons (Fsp3) is 0.548. The zero-order valence-electron chi connectivity index (χ0n) is 32.1. The SMILES string of the molecule is CC(C)OC(=O)c1cc(-c2nn(C)c(C(F)(F)F)c2Br)c(F)cc1Cl.CCNc1nc(NC(C)(C)C)nc(SC)n1.C[S+](C)C.O=C(O)CNCP(=O)([O-])O. The summed E-state index contributed by atoms with van der Waals surface area (Å²) in [5, 5.41) is 20.5. The molecule has 0 aliphatic rings. The molecule has 2 heterocycles. The zero-order chi connectivity index (χ0) is 43.1. The highest BCUT2D eigenvalue weighted by atomic mass is 79.9. The number of nitrogens with zero attached hydrogens (tertiary/aromatic N) is 5. The van der Waals surface area contributed by atoms with Crippen LogP contribution >= 0.6 is 46.9 Å². The van der Waals surface area contributed by atoms with Gasteiger partial charge in [-0.25, -0.2) is 9.18 Å². The molecule has 0 spiro atoms. The molecular weight excluding hydrogens is 883 g/mol. The molecule has 1 atom stereocenters. The van der Waals surface area contributed by atoms with E-state index in [1.165, 1.54) is 11.8 Å². The smallest absolute Gasteiger partial charge is 0.434 e. The number of halogens is 6. The highest BCUT2D eigenvalue weighted by molar-refractivity contribution is 9.10. The summed E-state index contributed by atoms with van der Waals surface area (Å²) in [6, 6.07) is 1.86. The summed E-state index contributed by atoms with van der Waals surface area (Å²) in [7, 11) is -2.63. The Morgan fingerprint density at radius 2 is 1.69 bits per heavy atom. The second-order valence-corrected chi connectivity index (χ2v) is 18.6. The molecule has 0 amide bonds. The van der Waals surface area contributed by atoms with Crippen LogP contribution in [-0.2, 0) is 38.2 Å². The molecule has 1 unspecified atom stereocenters. The van der Waals surface area contributed by atoms with Crippen LogP contribution in [0.15, 0.2) is 21.8 Å². The number of aliphatic carboxylic acids is 1. The van der Waals surface area contributed by atoms with Crippen molar-refractivity contribution in [1.82, 2.24) is 30.0 Å². The van der Waals surface area contributed by atoms with Gasteiger partial charge in [-0.3, -0.25) is 14.8 Å². The molecule has 0 aliphatic carbocycles. The minimum absolute atomic E-state index is 0.0550. The standard InChI is InChI=1S/C15H12BrClF4N2O2.C10H19N5S.C3H8NO5P.C3H9S/c1-6(2)25-14(24)7-4-8(10(18)5-9(7)17)12-11(16)13(15(19,20)21)23(3)22-12;1-6-11-7-12-8(15-10(2,3)4)14-9(13-7)16-5;5-3(6)1-4-2-10(7,8)9;1-4(2)3/h4-6H,1-3H3;6H2,1-5H3,(H2,11,12,13,14,15);4H,1-2H2,(H,5,6)(H2,7,8,9);1-3H3/q;;;+1/p-1. The largest absolute Gasteiger partial charge is 0.778 e. The van der Waals surface area contributed by atoms with Gasteiger partial charge in [0.15, 0.2) is 10.9 Å². The van der Waals surface area contributed by atoms with Crippen LogP contribution in [0.3, 0.4) is 0 Å². The van der Waals surface area contributed by atoms with Gasteiger partial charge in [0.1, 0.15) is 19.1 Å². The molecule has 0 saturated carbocycles. The number of carboxylic acids is 1. The van der Waals surface area contributed by atoms with Gasteiger partial charge in [0.05, 0.1) is 52.8 Å². The first-order chi connectivity index (χ1) is 25.0. The Kier molecular flexibility index (Phi) is 22.3. The summed E-state index contributed by atoms with van der Waals surface area (Å²) in [6.07, 6.45) is 2.68. The van der Waals surface area contributed by atoms with Gasteiger partial charge in [0.25, 0.3) is 0 Å². The Hall–Kier alpha value is -2.72. The molecular formula is C31H47BrClF4N8O7PS2. The third-order valence-electron chi connectivity index (χ3n) is 5.34. The van der Waals surface area contributed by atoms with E-state index in [2.05, 4.69) is 86.2 Å². The number of ether oxygens (including phenoxy) is 1. The first kappa shape index (κ1) is 52.3. The summed E-state index contributed by atoms with van der Waals surface area (Å²) in [4.78, 5) is 52.7. The minimum Gasteiger partial charge on any atom is -0.778 e. The van der Waals surface area contributed by atoms with Crippen LogP contribution in [0.2, 0.25) is 5.02 Å². The van der Waals surface area contributed by atoms with Gasteiger partial charge < -0.3 is 34.8 Å². The van der Waals surface area contributed by atoms with Gasteiger partial charge in [-0.2, -0.15) is 33.2 Å². The first-order valence-electron chi connectivity index (χ1n) is 15.8. The van der Waals surface area contributed by atoms with E-state index in [1.807, 2.05) is 18.5 Å². The molecule has 5 N–H and O–H groups in total. The molecule has 312 valence electrons. The number of carbonyl (C=O) groups is 2. The van der Waals surface area contributed by atoms with Gasteiger partial charge in [0.2, 0.25) is 11.9 Å². The van der Waals surface area contributed by atoms with Crippen molar-refractivity contribution in [2.24, 2.45) is 7.05 Å². The van der Waals surface area contributed by atoms with Crippen molar-refractivity contribution in [2.45, 2.75) is 64.5 Å². The Morgan fingerprint density at radius 3 is 2.11 bits per heavy atom. The molecule has 1 aromatic carbocycles. The quantitative estimate of drug-likeness (QED) is 0.0482. The maximum atomic E-state index is 14.3. The van der Waals surface area contributed by atoms with Gasteiger partial charge in [-0.15, -0.1) is 0 Å². The summed E-state index contributed by atoms with van der Waals surface area (Å²) in [5.74, 6) is -1.67. The average Bonchev–Trinajstić information content (AvgIpc) is 3.29. The van der Waals surface area contributed by atoms with E-state index in [0.717, 1.165) is 30.9 Å². The number of benzene rings is 1. The summed E-state index contributed by atoms with van der Waals surface area (Å²) < 4.78 is 68.6. The van der Waals surface area contributed by atoms with Crippen molar-refractivity contribution < 1.29 is 51.3 Å². The van der Waals surface area contributed by atoms with E-state index >= 15 is 0 Å². The van der Waals surface area contributed by atoms with E-state index in [1.54, 1.807) is 13.8 Å². The normalized spacial score (nSPS) is 12.3. The van der Waals surface area contributed by atoms with Gasteiger partial charge in [-0.05, 0) is 86.8 Å². The second kappa shape index (κ2) is 23.5. The lowest BCUT2D eigenvalue weighted by Crippen LogP contribution is -2.27. The molecule has 55 heavy (non-hydrogen) atoms. The monoisotopic (exact) mass is 928 g/mol. The number of carboxylic acid groups (broad SMARTS) is 1. The number of rotatable bonds is 11. The van der Waals surface area contributed by atoms with Crippen molar-refractivity contribution in [3.05, 3.63) is 38.7 Å². The molecule has 3 rings (SSSR count). The number of thioether (sulfide) groups is 1. The van der Waals surface area contributed by atoms with Crippen molar-refractivity contribution >= 4 is 81.6 Å². The van der Waals surface area contributed by atoms with Crippen LogP contribution in [0.25, 0.3) is 11.3 Å². The van der Waals surface area contributed by atoms with E-state index in [4.69, 9.17) is 26.3 Å². The molecule has 0 aliphatic heterocycles. The van der Waals surface area contributed by atoms with Gasteiger partial charge in [0, 0.05) is 24.7 Å². The molecule has 0 radical (unpaired) electrons. The fourth-order valence-electron chi connectivity index (χ4n) is 3.52. The fourth-order valence-corrected chi connectivity index (χ4v) is 5.27. The number of hydrogen-bond acceptors (Lipinski definition) is 13. The van der Waals surface area contributed by atoms with Crippen LogP contribution in [0.4, 0.5) is 29.5 Å². The van der Waals surface area contributed by atoms with Crippen LogP contribution in [0.1, 0.15) is 57.6 Å². The molecule has 0 saturated heterocycles. The molecule has 3 aromatic rings. The topological polar surface area (TPSA) is 217 Å². The average molecular weight is 930 g/mol. The predicted octanol–water partition coefficient (Wildman–Crippen LogP) is 6.12. The van der Waals surface area contributed by atoms with E-state index < -0.39 is 60.6 Å². The van der Waals surface area contributed by atoms with Crippen LogP contribution in [-0.4, -0.2) is 103 Å². The van der Waals surface area contributed by atoms with E-state index in [-0.39, 0.29) is 27.4 Å². The number of alkyl halides is 3. The maximum absolute atomic E-state index is 14.3. The van der Waals surface area contributed by atoms with Gasteiger partial charge in [-0.1, -0.05) is 23.4 Å². The van der Waals surface area contributed by atoms with E-state index in [9.17, 15) is 36.6 Å². The second-order valence-electron chi connectivity index (χ2n) is 12.6. The summed E-state index contributed by atoms with van der Waals surface area (Å²) in [6.45, 7) is 11.8. The zero-order valence-corrected chi connectivity index (χ0v) is 36.9. The Morgan fingerprint density at radius 1 is 1.15 bits per heavy atom. The molecule has 15 nitrogen and oxygen atoms in total. The Bertz CT molecular complexity index is 1760. The van der Waals surface area contributed by atoms with Gasteiger partial charge >= 0.3 is 18.1 Å². The number of hydrogen-bond donors (Lipinski definition) is 5. The number of aromatic nitrogens is 5. The van der Waals surface area contributed by atoms with Crippen molar-refractivity contribution in [3.8, 4) is 11.3 Å². The van der Waals surface area contributed by atoms with Crippen LogP contribution in [0, 0.1) is 5.82 Å². The maximum Gasteiger partial charge on any atom is 0.434 e. The third-order valence-corrected chi connectivity index (χ3v) is 7.57. The number of aryl methyl sites for hydroxylation is 1. The van der Waals surface area contributed by atoms with Crippen LogP contribution in [0.5, 0.6) is 0 Å².